The zero-order chi connectivity index (χ0) is 11.5. The van der Waals surface area contributed by atoms with Crippen LogP contribution in [0.3, 0.4) is 0 Å². The van der Waals surface area contributed by atoms with Crippen molar-refractivity contribution in [3.8, 4) is 11.4 Å². The van der Waals surface area contributed by atoms with Gasteiger partial charge >= 0.3 is 0 Å². The summed E-state index contributed by atoms with van der Waals surface area (Å²) in [7, 11) is 3.30. The van der Waals surface area contributed by atoms with Crippen LogP contribution in [0.4, 0.5) is 5.69 Å². The maximum Gasteiger partial charge on any atom is 0.294 e. The molecule has 0 radical (unpaired) electrons. The number of methoxy groups -OCH3 is 1. The van der Waals surface area contributed by atoms with E-state index in [-0.39, 0.29) is 5.56 Å². The van der Waals surface area contributed by atoms with Crippen LogP contribution in [0.25, 0.3) is 5.69 Å². The molecule has 1 heterocycles. The Kier molecular flexibility index (Phi) is 2.68. The van der Waals surface area contributed by atoms with Crippen LogP contribution in [0.1, 0.15) is 0 Å². The first-order valence-electron chi connectivity index (χ1n) is 4.89. The number of H-pyrrole nitrogens is 1. The molecule has 2 N–H and O–H groups in total. The third-order valence-electron chi connectivity index (χ3n) is 2.35. The maximum absolute atomic E-state index is 11.8. The molecule has 0 atom stereocenters. The van der Waals surface area contributed by atoms with Crippen LogP contribution in [-0.2, 0) is 0 Å². The van der Waals surface area contributed by atoms with E-state index in [9.17, 15) is 4.79 Å². The molecular formula is C11H13N3O2. The summed E-state index contributed by atoms with van der Waals surface area (Å²) in [6.45, 7) is 0. The summed E-state index contributed by atoms with van der Waals surface area (Å²) < 4.78 is 6.56. The Labute approximate surface area is 92.7 Å². The molecule has 2 aromatic rings. The first kappa shape index (κ1) is 10.4. The first-order valence-corrected chi connectivity index (χ1v) is 4.89. The highest BCUT2D eigenvalue weighted by Crippen LogP contribution is 2.14. The quantitative estimate of drug-likeness (QED) is 0.815. The van der Waals surface area contributed by atoms with Crippen LogP contribution in [0.15, 0.2) is 35.3 Å². The Bertz CT molecular complexity index is 542. The molecule has 0 aliphatic carbocycles. The second kappa shape index (κ2) is 4.14. The third-order valence-corrected chi connectivity index (χ3v) is 2.35. The fourth-order valence-electron chi connectivity index (χ4n) is 1.49. The molecule has 0 unspecified atom stereocenters. The summed E-state index contributed by atoms with van der Waals surface area (Å²) >= 11 is 0. The average molecular weight is 219 g/mol. The predicted octanol–water partition coefficient (Wildman–Crippen LogP) is 1.22. The van der Waals surface area contributed by atoms with Gasteiger partial charge in [-0.2, -0.15) is 0 Å². The number of aromatic amines is 1. The normalized spacial score (nSPS) is 10.1. The lowest BCUT2D eigenvalue weighted by atomic mass is 10.3. The van der Waals surface area contributed by atoms with E-state index >= 15 is 0 Å². The van der Waals surface area contributed by atoms with Gasteiger partial charge in [-0.1, -0.05) is 6.07 Å². The molecule has 84 valence electrons. The molecule has 5 nitrogen and oxygen atoms in total. The molecule has 0 fully saturated rings. The van der Waals surface area contributed by atoms with E-state index in [0.29, 0.717) is 11.4 Å². The Morgan fingerprint density at radius 2 is 2.25 bits per heavy atom. The highest BCUT2D eigenvalue weighted by Gasteiger charge is 2.06. The Morgan fingerprint density at radius 1 is 1.44 bits per heavy atom. The Hall–Kier alpha value is -2.17. The highest BCUT2D eigenvalue weighted by molar-refractivity contribution is 5.44. The van der Waals surface area contributed by atoms with Crippen molar-refractivity contribution in [3.05, 3.63) is 40.8 Å². The Balaban J connectivity index is 2.50. The van der Waals surface area contributed by atoms with Crippen molar-refractivity contribution in [2.45, 2.75) is 0 Å². The fourth-order valence-corrected chi connectivity index (χ4v) is 1.49. The number of hydrogen-bond donors (Lipinski definition) is 2. The van der Waals surface area contributed by atoms with Crippen molar-refractivity contribution < 1.29 is 4.74 Å². The van der Waals surface area contributed by atoms with Crippen molar-refractivity contribution in [3.63, 3.8) is 0 Å². The molecule has 1 aromatic heterocycles. The van der Waals surface area contributed by atoms with Gasteiger partial charge in [0.15, 0.2) is 0 Å². The molecule has 0 amide bonds. The number of ether oxygens (including phenoxy) is 1. The van der Waals surface area contributed by atoms with Gasteiger partial charge in [0.2, 0.25) is 0 Å². The van der Waals surface area contributed by atoms with E-state index in [2.05, 4.69) is 10.4 Å². The smallest absolute Gasteiger partial charge is 0.294 e. The number of nitrogens with one attached hydrogen (secondary N) is 2. The van der Waals surface area contributed by atoms with Gasteiger partial charge in [-0.05, 0) is 12.1 Å². The fraction of sp³-hybridized carbons (Fsp3) is 0.182. The molecule has 0 saturated carbocycles. The van der Waals surface area contributed by atoms with Gasteiger partial charge in [-0.15, -0.1) is 0 Å². The van der Waals surface area contributed by atoms with Crippen molar-refractivity contribution in [2.24, 2.45) is 0 Å². The van der Waals surface area contributed by atoms with Gasteiger partial charge in [0.05, 0.1) is 12.8 Å². The van der Waals surface area contributed by atoms with Gasteiger partial charge in [-0.3, -0.25) is 9.89 Å². The van der Waals surface area contributed by atoms with E-state index in [1.54, 1.807) is 26.4 Å². The van der Waals surface area contributed by atoms with Gasteiger partial charge in [0.1, 0.15) is 11.4 Å². The van der Waals surface area contributed by atoms with Crippen molar-refractivity contribution in [1.29, 1.82) is 0 Å². The summed E-state index contributed by atoms with van der Waals surface area (Å²) in [4.78, 5) is 11.8. The van der Waals surface area contributed by atoms with Crippen molar-refractivity contribution in [2.75, 3.05) is 19.5 Å². The zero-order valence-corrected chi connectivity index (χ0v) is 9.15. The SMILES string of the molecule is CNc1c[nH]n(-c2cccc(OC)c2)c1=O. The zero-order valence-electron chi connectivity index (χ0n) is 9.15. The highest BCUT2D eigenvalue weighted by atomic mass is 16.5. The van der Waals surface area contributed by atoms with E-state index in [1.807, 2.05) is 18.2 Å². The van der Waals surface area contributed by atoms with Crippen LogP contribution in [0.5, 0.6) is 5.75 Å². The van der Waals surface area contributed by atoms with Crippen LogP contribution in [0.2, 0.25) is 0 Å². The lowest BCUT2D eigenvalue weighted by molar-refractivity contribution is 0.414. The predicted molar refractivity (Wildman–Crippen MR) is 62.5 cm³/mol. The minimum Gasteiger partial charge on any atom is -0.497 e. The number of anilines is 1. The second-order valence-corrected chi connectivity index (χ2v) is 3.28. The number of nitrogens with zero attached hydrogens (tertiary/aromatic N) is 1. The molecule has 2 rings (SSSR count). The number of benzene rings is 1. The molecule has 0 saturated heterocycles. The van der Waals surface area contributed by atoms with Crippen LogP contribution >= 0.6 is 0 Å². The van der Waals surface area contributed by atoms with E-state index < -0.39 is 0 Å². The molecule has 5 heteroatoms. The molecule has 0 aliphatic rings. The van der Waals surface area contributed by atoms with Gasteiger partial charge in [0, 0.05) is 19.3 Å². The second-order valence-electron chi connectivity index (χ2n) is 3.28. The molecule has 0 aliphatic heterocycles. The minimum absolute atomic E-state index is 0.115. The third kappa shape index (κ3) is 1.67. The lowest BCUT2D eigenvalue weighted by Gasteiger charge is -2.04. The lowest BCUT2D eigenvalue weighted by Crippen LogP contribution is -2.16. The summed E-state index contributed by atoms with van der Waals surface area (Å²) in [5, 5.41) is 5.70. The number of aromatic nitrogens is 2. The molecule has 16 heavy (non-hydrogen) atoms. The maximum atomic E-state index is 11.8. The average Bonchev–Trinajstić information content (AvgIpc) is 2.70. The minimum atomic E-state index is -0.115. The van der Waals surface area contributed by atoms with Gasteiger partial charge < -0.3 is 10.1 Å². The van der Waals surface area contributed by atoms with Crippen LogP contribution in [-0.4, -0.2) is 23.9 Å². The van der Waals surface area contributed by atoms with E-state index in [4.69, 9.17) is 4.74 Å². The molecule has 0 bridgehead atoms. The molecule has 1 aromatic carbocycles. The summed E-state index contributed by atoms with van der Waals surface area (Å²) in [5.74, 6) is 0.713. The van der Waals surface area contributed by atoms with Crippen molar-refractivity contribution in [1.82, 2.24) is 9.78 Å². The number of rotatable bonds is 3. The van der Waals surface area contributed by atoms with E-state index in [1.165, 1.54) is 4.68 Å². The standard InChI is InChI=1S/C11H13N3O2/c1-12-10-7-13-14(11(10)15)8-4-3-5-9(6-8)16-2/h3-7,12-13H,1-2H3. The first-order chi connectivity index (χ1) is 7.76. The van der Waals surface area contributed by atoms with Crippen LogP contribution < -0.4 is 15.6 Å². The summed E-state index contributed by atoms with van der Waals surface area (Å²) in [5.41, 5.74) is 1.16. The van der Waals surface area contributed by atoms with E-state index in [0.717, 1.165) is 5.69 Å². The van der Waals surface area contributed by atoms with Gasteiger partial charge in [-0.25, -0.2) is 4.68 Å². The molecule has 0 spiro atoms. The van der Waals surface area contributed by atoms with Crippen LogP contribution in [0, 0.1) is 0 Å². The summed E-state index contributed by atoms with van der Waals surface area (Å²) in [6, 6.07) is 7.29. The number of hydrogen-bond acceptors (Lipinski definition) is 3. The summed E-state index contributed by atoms with van der Waals surface area (Å²) in [6.07, 6.45) is 1.63. The molecular weight excluding hydrogens is 206 g/mol. The topological polar surface area (TPSA) is 59.1 Å². The van der Waals surface area contributed by atoms with Crippen molar-refractivity contribution >= 4 is 5.69 Å². The monoisotopic (exact) mass is 219 g/mol. The largest absolute Gasteiger partial charge is 0.497 e. The van der Waals surface area contributed by atoms with Gasteiger partial charge in [0.25, 0.3) is 5.56 Å². The Morgan fingerprint density at radius 3 is 2.88 bits per heavy atom.